The van der Waals surface area contributed by atoms with Crippen LogP contribution in [0.1, 0.15) is 144 Å². The molecule has 0 N–H and O–H groups in total. The molecule has 0 saturated carbocycles. The van der Waals surface area contributed by atoms with Crippen molar-refractivity contribution in [2.45, 2.75) is 120 Å². The molecule has 5 aliphatic heterocycles. The highest BCUT2D eigenvalue weighted by Gasteiger charge is 2.26. The van der Waals surface area contributed by atoms with Gasteiger partial charge < -0.3 is 23.7 Å². The zero-order valence-electron chi connectivity index (χ0n) is 57.3. The molecule has 12 aromatic carbocycles. The summed E-state index contributed by atoms with van der Waals surface area (Å²) in [4.78, 5) is 0. The number of hydrogen-bond acceptors (Lipinski definition) is 5. The maximum absolute atomic E-state index is 5.97. The fourth-order valence-corrected chi connectivity index (χ4v) is 15.0. The molecule has 0 unspecified atom stereocenters. The molecule has 5 atom stereocenters. The van der Waals surface area contributed by atoms with E-state index in [1.54, 1.807) is 0 Å². The molecule has 0 fully saturated rings. The van der Waals surface area contributed by atoms with Crippen LogP contribution in [0, 0.1) is 0 Å². The highest BCUT2D eigenvalue weighted by molar-refractivity contribution is 9.10. The highest BCUT2D eigenvalue weighted by Crippen LogP contribution is 2.40. The third-order valence-corrected chi connectivity index (χ3v) is 21.0. The first-order valence-corrected chi connectivity index (χ1v) is 36.8. The van der Waals surface area contributed by atoms with E-state index in [2.05, 4.69) is 291 Å². The van der Waals surface area contributed by atoms with Crippen LogP contribution < -0.4 is 23.7 Å². The predicted molar refractivity (Wildman–Crippen MR) is 414 cm³/mol. The molecule has 99 heavy (non-hydrogen) atoms. The van der Waals surface area contributed by atoms with Crippen LogP contribution >= 0.6 is 27.5 Å². The lowest BCUT2D eigenvalue weighted by atomic mass is 9.84. The van der Waals surface area contributed by atoms with Gasteiger partial charge in [0.05, 0.1) is 33.0 Å². The first-order chi connectivity index (χ1) is 48.5. The van der Waals surface area contributed by atoms with Crippen LogP contribution in [0.25, 0.3) is 21.5 Å². The smallest absolute Gasteiger partial charge is 0.122 e. The molecule has 5 heterocycles. The van der Waals surface area contributed by atoms with Gasteiger partial charge in [-0.3, -0.25) is 0 Å². The molecule has 17 rings (SSSR count). The molecule has 5 nitrogen and oxygen atoms in total. The summed E-state index contributed by atoms with van der Waals surface area (Å²) in [6, 6.07) is 98.7. The van der Waals surface area contributed by atoms with E-state index in [9.17, 15) is 0 Å². The van der Waals surface area contributed by atoms with Gasteiger partial charge in [-0.15, -0.1) is 0 Å². The Labute approximate surface area is 600 Å². The normalized spacial score (nSPS) is 18.3. The van der Waals surface area contributed by atoms with Crippen LogP contribution in [0.3, 0.4) is 0 Å². The SMILES string of the molecule is Brc1ccc([C@H]2CCOc3ccccc3C2)cc1.CC(C)(C)c1ccc2c(c1)C[C@@H](c1ccccc1)CCO2.Clc1ccc([C@H]2CCOc3ccccc3C2)cc1.c1ccc2c(c1)C[C@@H](c1ccc3ccccc3c1)CCO2.c1ccc2c(c1)C[C@@H](c1cccc3ccccc13)CCO2. The van der Waals surface area contributed by atoms with E-state index in [0.717, 1.165) is 135 Å². The zero-order chi connectivity index (χ0) is 67.8. The van der Waals surface area contributed by atoms with Gasteiger partial charge in [-0.2, -0.15) is 0 Å². The van der Waals surface area contributed by atoms with Crippen LogP contribution in [0.5, 0.6) is 28.7 Å². The monoisotopic (exact) mass is 1390 g/mol. The second-order valence-electron chi connectivity index (χ2n) is 27.9. The van der Waals surface area contributed by atoms with E-state index in [1.165, 1.54) is 82.7 Å². The summed E-state index contributed by atoms with van der Waals surface area (Å²) in [5.74, 6) is 7.97. The van der Waals surface area contributed by atoms with E-state index >= 15 is 0 Å². The molecule has 0 radical (unpaired) electrons. The van der Waals surface area contributed by atoms with E-state index in [0.29, 0.717) is 29.6 Å². The van der Waals surface area contributed by atoms with Gasteiger partial charge in [-0.1, -0.05) is 273 Å². The fraction of sp³-hybridized carbons (Fsp3) is 0.261. The van der Waals surface area contributed by atoms with Crippen LogP contribution in [-0.2, 0) is 37.5 Å². The molecule has 12 aromatic rings. The summed E-state index contributed by atoms with van der Waals surface area (Å²) in [7, 11) is 0. The standard InChI is InChI=1S/2C20H18O.C20H24O.C16H15BrO.C16H15ClO/c1-3-9-18-15(6-1)8-5-10-19(18)16-12-13-21-20-11-4-2-7-17(20)14-16;1-2-6-16-13-17(10-9-15(16)5-1)18-11-12-21-20-8-4-3-7-19(20)14-18;1-20(2,3)18-9-10-19-17(14-18)13-16(11-12-21-19)15-7-5-4-6-8-15;2*17-15-7-5-12(6-8-15)13-9-10-18-16-4-2-1-3-14(16)11-13/h1-11,16H,12-14H2;1-10,13,18H,11-12,14H2;4-10,14,16H,11-13H2,1-3H3;2*1-8,13H,9-11H2/t16-;18-;16-;2*13-/m00000/s1. The molecule has 0 aliphatic carbocycles. The van der Waals surface area contributed by atoms with Crippen molar-refractivity contribution in [2.75, 3.05) is 33.0 Å². The van der Waals surface area contributed by atoms with Gasteiger partial charge in [-0.05, 0) is 237 Å². The summed E-state index contributed by atoms with van der Waals surface area (Å²) in [6.07, 6.45) is 10.7. The molecule has 0 spiro atoms. The third kappa shape index (κ3) is 18.1. The molecule has 0 saturated heterocycles. The highest BCUT2D eigenvalue weighted by atomic mass is 79.9. The Bertz CT molecular complexity index is 4470. The fourth-order valence-electron chi connectivity index (χ4n) is 14.7. The summed E-state index contributed by atoms with van der Waals surface area (Å²) < 4.78 is 30.5. The largest absolute Gasteiger partial charge is 0.493 e. The molecule has 0 aromatic heterocycles. The van der Waals surface area contributed by atoms with Gasteiger partial charge in [0.1, 0.15) is 28.7 Å². The number of halogens is 2. The molecule has 502 valence electrons. The lowest BCUT2D eigenvalue weighted by molar-refractivity contribution is 0.309. The summed E-state index contributed by atoms with van der Waals surface area (Å²) in [6.45, 7) is 10.8. The molecular formula is C92H90BrClO5. The first-order valence-electron chi connectivity index (χ1n) is 35.6. The van der Waals surface area contributed by atoms with Gasteiger partial charge in [0.15, 0.2) is 0 Å². The van der Waals surface area contributed by atoms with Gasteiger partial charge in [-0.25, -0.2) is 0 Å². The van der Waals surface area contributed by atoms with Crippen molar-refractivity contribution in [2.24, 2.45) is 0 Å². The minimum atomic E-state index is 0.184. The maximum atomic E-state index is 5.97. The lowest BCUT2D eigenvalue weighted by Gasteiger charge is -2.21. The minimum absolute atomic E-state index is 0.184. The van der Waals surface area contributed by atoms with Crippen molar-refractivity contribution >= 4 is 49.1 Å². The summed E-state index contributed by atoms with van der Waals surface area (Å²) in [5.41, 5.74) is 15.3. The molecule has 7 heteroatoms. The molecule has 0 amide bonds. The van der Waals surface area contributed by atoms with Crippen molar-refractivity contribution in [3.63, 3.8) is 0 Å². The van der Waals surface area contributed by atoms with Crippen molar-refractivity contribution < 1.29 is 23.7 Å². The number of benzene rings is 12. The second-order valence-corrected chi connectivity index (χ2v) is 29.2. The lowest BCUT2D eigenvalue weighted by Crippen LogP contribution is -2.11. The zero-order valence-corrected chi connectivity index (χ0v) is 59.7. The van der Waals surface area contributed by atoms with Gasteiger partial charge in [0.25, 0.3) is 0 Å². The Balaban J connectivity index is 0.000000111. The van der Waals surface area contributed by atoms with E-state index in [-0.39, 0.29) is 5.41 Å². The number of rotatable bonds is 5. The Hall–Kier alpha value is -9.07. The second kappa shape index (κ2) is 33.2. The average molecular weight is 1390 g/mol. The van der Waals surface area contributed by atoms with Crippen molar-refractivity contribution in [3.05, 3.63) is 350 Å². The molecule has 0 bridgehead atoms. The minimum Gasteiger partial charge on any atom is -0.493 e. The summed E-state index contributed by atoms with van der Waals surface area (Å²) >= 11 is 9.43. The topological polar surface area (TPSA) is 46.2 Å². The quantitative estimate of drug-likeness (QED) is 0.172. The summed E-state index contributed by atoms with van der Waals surface area (Å²) in [5, 5.41) is 6.14. The van der Waals surface area contributed by atoms with E-state index in [4.69, 9.17) is 35.3 Å². The molecular weight excluding hydrogens is 1300 g/mol. The number of ether oxygens (including phenoxy) is 5. The Kier molecular flexibility index (Phi) is 22.9. The van der Waals surface area contributed by atoms with Crippen molar-refractivity contribution in [1.29, 1.82) is 0 Å². The van der Waals surface area contributed by atoms with Gasteiger partial charge >= 0.3 is 0 Å². The van der Waals surface area contributed by atoms with Crippen molar-refractivity contribution in [3.8, 4) is 28.7 Å². The van der Waals surface area contributed by atoms with E-state index in [1.807, 2.05) is 24.3 Å². The van der Waals surface area contributed by atoms with Gasteiger partial charge in [0, 0.05) is 9.50 Å². The number of fused-ring (bicyclic) bond motifs is 7. The number of para-hydroxylation sites is 4. The van der Waals surface area contributed by atoms with Crippen LogP contribution in [0.2, 0.25) is 5.02 Å². The van der Waals surface area contributed by atoms with Gasteiger partial charge in [0.2, 0.25) is 0 Å². The number of hydrogen-bond donors (Lipinski definition) is 0. The van der Waals surface area contributed by atoms with E-state index < -0.39 is 0 Å². The van der Waals surface area contributed by atoms with Crippen molar-refractivity contribution in [1.82, 2.24) is 0 Å². The first kappa shape index (κ1) is 68.5. The van der Waals surface area contributed by atoms with Crippen LogP contribution in [0.4, 0.5) is 0 Å². The maximum Gasteiger partial charge on any atom is 0.122 e. The van der Waals surface area contributed by atoms with Crippen LogP contribution in [-0.4, -0.2) is 33.0 Å². The third-order valence-electron chi connectivity index (χ3n) is 20.2. The van der Waals surface area contributed by atoms with Crippen LogP contribution in [0.15, 0.2) is 284 Å². The molecule has 5 aliphatic rings. The predicted octanol–water partition coefficient (Wildman–Crippen LogP) is 24.0. The Morgan fingerprint density at radius 3 is 1.19 bits per heavy atom. The average Bonchev–Trinajstić information content (AvgIpc) is 1.84. The Morgan fingerprint density at radius 1 is 0.303 bits per heavy atom. The Morgan fingerprint density at radius 2 is 0.677 bits per heavy atom.